The van der Waals surface area contributed by atoms with E-state index >= 15 is 0 Å². The van der Waals surface area contributed by atoms with Crippen molar-refractivity contribution < 1.29 is 4.79 Å². The van der Waals surface area contributed by atoms with E-state index in [1.807, 2.05) is 30.1 Å². The lowest BCUT2D eigenvalue weighted by atomic mass is 9.87. The van der Waals surface area contributed by atoms with E-state index in [1.54, 1.807) is 6.20 Å². The second kappa shape index (κ2) is 7.05. The minimum Gasteiger partial charge on any atom is -0.361 e. The van der Waals surface area contributed by atoms with E-state index in [-0.39, 0.29) is 11.4 Å². The van der Waals surface area contributed by atoms with Crippen LogP contribution in [-0.4, -0.2) is 60.0 Å². The van der Waals surface area contributed by atoms with E-state index in [1.165, 1.54) is 6.42 Å². The maximum absolute atomic E-state index is 12.9. The van der Waals surface area contributed by atoms with Crippen LogP contribution in [0.5, 0.6) is 0 Å². The van der Waals surface area contributed by atoms with Gasteiger partial charge < -0.3 is 15.1 Å². The molecule has 0 spiro atoms. The molecule has 3 heterocycles. The Labute approximate surface area is 144 Å². The molecule has 6 heteroatoms. The molecular formula is C18H29N5O. The smallest absolute Gasteiger partial charge is 0.242 e. The number of hydrogen-bond donors (Lipinski definition) is 1. The molecule has 132 valence electrons. The van der Waals surface area contributed by atoms with Crippen molar-refractivity contribution in [3.63, 3.8) is 0 Å². The number of likely N-dealkylation sites (tertiary alicyclic amines) is 1. The summed E-state index contributed by atoms with van der Waals surface area (Å²) in [5.41, 5.74) is 0.686. The van der Waals surface area contributed by atoms with Crippen LogP contribution in [0.1, 0.15) is 50.6 Å². The number of hydrogen-bond acceptors (Lipinski definition) is 5. The maximum atomic E-state index is 12.9. The number of amides is 1. The van der Waals surface area contributed by atoms with Gasteiger partial charge in [0.1, 0.15) is 5.82 Å². The Hall–Kier alpha value is -1.69. The molecule has 24 heavy (non-hydrogen) atoms. The average Bonchev–Trinajstić information content (AvgIpc) is 2.62. The van der Waals surface area contributed by atoms with E-state index in [9.17, 15) is 4.79 Å². The van der Waals surface area contributed by atoms with E-state index in [4.69, 9.17) is 4.98 Å². The van der Waals surface area contributed by atoms with Crippen LogP contribution < -0.4 is 10.2 Å². The van der Waals surface area contributed by atoms with Crippen LogP contribution in [0.25, 0.3) is 0 Å². The highest BCUT2D eigenvalue weighted by Gasteiger charge is 2.38. The zero-order valence-electron chi connectivity index (χ0n) is 15.1. The molecule has 0 aliphatic carbocycles. The van der Waals surface area contributed by atoms with Crippen LogP contribution in [0.3, 0.4) is 0 Å². The van der Waals surface area contributed by atoms with Gasteiger partial charge in [0, 0.05) is 39.3 Å². The van der Waals surface area contributed by atoms with Crippen molar-refractivity contribution in [2.24, 2.45) is 0 Å². The van der Waals surface area contributed by atoms with Gasteiger partial charge in [0.25, 0.3) is 0 Å². The predicted molar refractivity (Wildman–Crippen MR) is 95.2 cm³/mol. The summed E-state index contributed by atoms with van der Waals surface area (Å²) in [5, 5.41) is 3.44. The van der Waals surface area contributed by atoms with Gasteiger partial charge in [-0.3, -0.25) is 9.78 Å². The summed E-state index contributed by atoms with van der Waals surface area (Å²) < 4.78 is 0. The van der Waals surface area contributed by atoms with E-state index in [0.717, 1.165) is 56.8 Å². The zero-order chi connectivity index (χ0) is 17.2. The molecule has 6 nitrogen and oxygen atoms in total. The van der Waals surface area contributed by atoms with Gasteiger partial charge in [0.15, 0.2) is 0 Å². The van der Waals surface area contributed by atoms with Crippen LogP contribution in [0.2, 0.25) is 0 Å². The number of nitrogens with zero attached hydrogens (tertiary/aromatic N) is 4. The highest BCUT2D eigenvalue weighted by molar-refractivity contribution is 5.86. The van der Waals surface area contributed by atoms with Crippen LogP contribution >= 0.6 is 0 Å². The van der Waals surface area contributed by atoms with E-state index < -0.39 is 0 Å². The molecule has 1 amide bonds. The average molecular weight is 331 g/mol. The Bertz CT molecular complexity index is 575. The molecule has 0 aromatic carbocycles. The quantitative estimate of drug-likeness (QED) is 0.915. The molecule has 2 fully saturated rings. The minimum atomic E-state index is -0.365. The molecule has 1 aromatic rings. The van der Waals surface area contributed by atoms with Crippen molar-refractivity contribution in [3.05, 3.63) is 18.1 Å². The number of nitrogens with one attached hydrogen (secondary N) is 1. The lowest BCUT2D eigenvalue weighted by Gasteiger charge is -2.40. The second-order valence-corrected chi connectivity index (χ2v) is 7.48. The predicted octanol–water partition coefficient (Wildman–Crippen LogP) is 1.78. The Morgan fingerprint density at radius 1 is 1.29 bits per heavy atom. The molecule has 2 aliphatic heterocycles. The highest BCUT2D eigenvalue weighted by atomic mass is 16.2. The van der Waals surface area contributed by atoms with Gasteiger partial charge >= 0.3 is 0 Å². The van der Waals surface area contributed by atoms with Crippen molar-refractivity contribution in [2.75, 3.05) is 38.6 Å². The fraction of sp³-hybridized carbons (Fsp3) is 0.722. The Morgan fingerprint density at radius 2 is 2.04 bits per heavy atom. The summed E-state index contributed by atoms with van der Waals surface area (Å²) in [6, 6.07) is 0. The number of anilines is 1. The minimum absolute atomic E-state index is 0.272. The van der Waals surface area contributed by atoms with Gasteiger partial charge in [0.05, 0.1) is 17.4 Å². The van der Waals surface area contributed by atoms with Gasteiger partial charge in [-0.05, 0) is 45.6 Å². The molecule has 1 N–H and O–H groups in total. The van der Waals surface area contributed by atoms with E-state index in [0.29, 0.717) is 5.92 Å². The summed E-state index contributed by atoms with van der Waals surface area (Å²) in [7, 11) is 3.96. The molecule has 1 atom stereocenters. The first-order valence-electron chi connectivity index (χ1n) is 9.03. The van der Waals surface area contributed by atoms with Crippen LogP contribution in [0.4, 0.5) is 5.82 Å². The monoisotopic (exact) mass is 331 g/mol. The molecule has 0 saturated carbocycles. The topological polar surface area (TPSA) is 61.4 Å². The normalized spacial score (nSPS) is 25.5. The first kappa shape index (κ1) is 17.1. The van der Waals surface area contributed by atoms with Crippen molar-refractivity contribution in [1.82, 2.24) is 20.2 Å². The fourth-order valence-electron chi connectivity index (χ4n) is 3.75. The zero-order valence-corrected chi connectivity index (χ0v) is 15.1. The number of carbonyl (C=O) groups is 1. The molecule has 3 rings (SSSR count). The Morgan fingerprint density at radius 3 is 2.67 bits per heavy atom. The molecule has 0 radical (unpaired) electrons. The first-order valence-corrected chi connectivity index (χ1v) is 9.03. The van der Waals surface area contributed by atoms with Crippen LogP contribution in [0, 0.1) is 0 Å². The lowest BCUT2D eigenvalue weighted by Crippen LogP contribution is -2.59. The fourth-order valence-corrected chi connectivity index (χ4v) is 3.75. The maximum Gasteiger partial charge on any atom is 0.242 e. The van der Waals surface area contributed by atoms with Gasteiger partial charge in [-0.1, -0.05) is 0 Å². The molecule has 0 bridgehead atoms. The standard InChI is InChI=1S/C18H29N5O/c1-18(8-4-5-9-20-18)17(24)23-10-6-14(7-11-23)15-12-19-13-16(21-15)22(2)3/h12-14,20H,4-11H2,1-3H3/t18-/m1/s1. The van der Waals surface area contributed by atoms with E-state index in [2.05, 4.69) is 17.2 Å². The molecule has 2 aliphatic rings. The highest BCUT2D eigenvalue weighted by Crippen LogP contribution is 2.29. The molecule has 2 saturated heterocycles. The van der Waals surface area contributed by atoms with Gasteiger partial charge in [-0.2, -0.15) is 0 Å². The third-order valence-corrected chi connectivity index (χ3v) is 5.39. The number of aromatic nitrogens is 2. The summed E-state index contributed by atoms with van der Waals surface area (Å²) in [6.45, 7) is 4.64. The van der Waals surface area contributed by atoms with Crippen molar-refractivity contribution in [1.29, 1.82) is 0 Å². The molecular weight excluding hydrogens is 302 g/mol. The molecule has 1 aromatic heterocycles. The van der Waals surface area contributed by atoms with Gasteiger partial charge in [-0.25, -0.2) is 4.98 Å². The third kappa shape index (κ3) is 3.53. The SMILES string of the molecule is CN(C)c1cncc(C2CCN(C(=O)[C@@]3(C)CCCCN3)CC2)n1. The Balaban J connectivity index is 1.61. The number of piperidine rings is 2. The van der Waals surface area contributed by atoms with Crippen molar-refractivity contribution in [3.8, 4) is 0 Å². The molecule has 0 unspecified atom stereocenters. The van der Waals surface area contributed by atoms with Crippen molar-refractivity contribution >= 4 is 11.7 Å². The first-order chi connectivity index (χ1) is 11.5. The summed E-state index contributed by atoms with van der Waals surface area (Å²) in [5.74, 6) is 1.56. The number of carbonyl (C=O) groups excluding carboxylic acids is 1. The van der Waals surface area contributed by atoms with Gasteiger partial charge in [-0.15, -0.1) is 0 Å². The van der Waals surface area contributed by atoms with Gasteiger partial charge in [0.2, 0.25) is 5.91 Å². The summed E-state index contributed by atoms with van der Waals surface area (Å²) >= 11 is 0. The summed E-state index contributed by atoms with van der Waals surface area (Å²) in [4.78, 5) is 25.9. The third-order valence-electron chi connectivity index (χ3n) is 5.39. The van der Waals surface area contributed by atoms with Crippen LogP contribution in [-0.2, 0) is 4.79 Å². The number of rotatable bonds is 3. The van der Waals surface area contributed by atoms with Crippen LogP contribution in [0.15, 0.2) is 12.4 Å². The van der Waals surface area contributed by atoms with Crippen molar-refractivity contribution in [2.45, 2.75) is 50.5 Å². The lowest BCUT2D eigenvalue weighted by molar-refractivity contribution is -0.139. The largest absolute Gasteiger partial charge is 0.361 e. The second-order valence-electron chi connectivity index (χ2n) is 7.48. The Kier molecular flexibility index (Phi) is 5.04. The summed E-state index contributed by atoms with van der Waals surface area (Å²) in [6.07, 6.45) is 8.85.